The summed E-state index contributed by atoms with van der Waals surface area (Å²) in [6.07, 6.45) is 1.82. The van der Waals surface area contributed by atoms with Crippen LogP contribution in [0, 0.1) is 0 Å². The third-order valence-corrected chi connectivity index (χ3v) is 4.13. The molecule has 0 unspecified atom stereocenters. The van der Waals surface area contributed by atoms with Crippen LogP contribution in [0.15, 0.2) is 60.8 Å². The molecule has 0 amide bonds. The van der Waals surface area contributed by atoms with E-state index in [1.165, 1.54) is 0 Å². The minimum Gasteiger partial charge on any atom is -0.324 e. The van der Waals surface area contributed by atoms with Gasteiger partial charge in [0.1, 0.15) is 0 Å². The second-order valence-electron chi connectivity index (χ2n) is 4.62. The number of benzene rings is 2. The van der Waals surface area contributed by atoms with Crippen LogP contribution in [0.25, 0.3) is 21.5 Å². The summed E-state index contributed by atoms with van der Waals surface area (Å²) < 4.78 is 1.16. The van der Waals surface area contributed by atoms with Gasteiger partial charge >= 0.3 is 0 Å². The average Bonchev–Trinajstić information content (AvgIpc) is 3.14. The summed E-state index contributed by atoms with van der Waals surface area (Å²) in [4.78, 5) is 12.2. The molecule has 2 aromatic heterocycles. The second kappa shape index (κ2) is 5.03. The van der Waals surface area contributed by atoms with Crippen LogP contribution in [-0.2, 0) is 0 Å². The van der Waals surface area contributed by atoms with Crippen LogP contribution in [0.3, 0.4) is 0 Å². The molecule has 0 aliphatic rings. The summed E-state index contributed by atoms with van der Waals surface area (Å²) in [5.74, 6) is 0.702. The number of nitrogens with zero attached hydrogens (tertiary/aromatic N) is 2. The Morgan fingerprint density at radius 3 is 2.62 bits per heavy atom. The number of rotatable bonds is 3. The average molecular weight is 292 g/mol. The van der Waals surface area contributed by atoms with Crippen molar-refractivity contribution in [3.63, 3.8) is 0 Å². The molecule has 21 heavy (non-hydrogen) atoms. The first-order valence-electron chi connectivity index (χ1n) is 6.61. The van der Waals surface area contributed by atoms with Crippen LogP contribution in [0.5, 0.6) is 0 Å². The molecule has 2 aromatic carbocycles. The SMILES string of the molecule is c1ccc(-c2cnc(Nc3nc4ccccc4s3)[nH]2)cc1. The van der Waals surface area contributed by atoms with Gasteiger partial charge in [-0.3, -0.25) is 0 Å². The molecule has 5 heteroatoms. The number of imidazole rings is 1. The monoisotopic (exact) mass is 292 g/mol. The summed E-state index contributed by atoms with van der Waals surface area (Å²) in [6, 6.07) is 18.2. The Morgan fingerprint density at radius 1 is 0.952 bits per heavy atom. The zero-order valence-electron chi connectivity index (χ0n) is 11.1. The van der Waals surface area contributed by atoms with Crippen LogP contribution in [0.4, 0.5) is 11.1 Å². The van der Waals surface area contributed by atoms with Crippen molar-refractivity contribution in [3.05, 3.63) is 60.8 Å². The molecular weight excluding hydrogens is 280 g/mol. The van der Waals surface area contributed by atoms with Gasteiger partial charge in [-0.25, -0.2) is 9.97 Å². The number of hydrogen-bond donors (Lipinski definition) is 2. The molecular formula is C16H12N4S. The third-order valence-electron chi connectivity index (χ3n) is 3.18. The van der Waals surface area contributed by atoms with Crippen LogP contribution in [-0.4, -0.2) is 15.0 Å². The van der Waals surface area contributed by atoms with Crippen molar-refractivity contribution in [1.29, 1.82) is 0 Å². The largest absolute Gasteiger partial charge is 0.324 e. The van der Waals surface area contributed by atoms with E-state index in [1.54, 1.807) is 11.3 Å². The first-order valence-corrected chi connectivity index (χ1v) is 7.43. The predicted molar refractivity (Wildman–Crippen MR) is 86.9 cm³/mol. The van der Waals surface area contributed by atoms with Gasteiger partial charge in [0.05, 0.1) is 22.1 Å². The van der Waals surface area contributed by atoms with E-state index in [9.17, 15) is 0 Å². The molecule has 0 saturated heterocycles. The van der Waals surface area contributed by atoms with Crippen molar-refractivity contribution >= 4 is 32.6 Å². The quantitative estimate of drug-likeness (QED) is 0.587. The lowest BCUT2D eigenvalue weighted by Gasteiger charge is -1.97. The van der Waals surface area contributed by atoms with Crippen molar-refractivity contribution in [1.82, 2.24) is 15.0 Å². The summed E-state index contributed by atoms with van der Waals surface area (Å²) in [5, 5.41) is 4.06. The summed E-state index contributed by atoms with van der Waals surface area (Å²) in [6.45, 7) is 0. The Kier molecular flexibility index (Phi) is 2.90. The minimum atomic E-state index is 0.702. The number of H-pyrrole nitrogens is 1. The third kappa shape index (κ3) is 2.39. The number of thiazole rings is 1. The van der Waals surface area contributed by atoms with Crippen molar-refractivity contribution in [2.45, 2.75) is 0 Å². The normalized spacial score (nSPS) is 10.9. The van der Waals surface area contributed by atoms with Gasteiger partial charge in [-0.15, -0.1) is 0 Å². The van der Waals surface area contributed by atoms with Crippen LogP contribution < -0.4 is 5.32 Å². The molecule has 0 aliphatic heterocycles. The van der Waals surface area contributed by atoms with E-state index in [1.807, 2.05) is 42.6 Å². The maximum atomic E-state index is 4.54. The summed E-state index contributed by atoms with van der Waals surface area (Å²) in [5.41, 5.74) is 3.10. The Hall–Kier alpha value is -2.66. The fourth-order valence-electron chi connectivity index (χ4n) is 2.18. The maximum Gasteiger partial charge on any atom is 0.206 e. The second-order valence-corrected chi connectivity index (χ2v) is 5.65. The van der Waals surface area contributed by atoms with Gasteiger partial charge in [0.25, 0.3) is 0 Å². The first kappa shape index (κ1) is 12.1. The number of aromatic amines is 1. The molecule has 2 N–H and O–H groups in total. The van der Waals surface area contributed by atoms with Crippen LogP contribution >= 0.6 is 11.3 Å². The molecule has 0 bridgehead atoms. The molecule has 2 heterocycles. The lowest BCUT2D eigenvalue weighted by Crippen LogP contribution is -1.91. The van der Waals surface area contributed by atoms with Crippen LogP contribution in [0.1, 0.15) is 0 Å². The zero-order valence-corrected chi connectivity index (χ0v) is 11.9. The highest BCUT2D eigenvalue weighted by Crippen LogP contribution is 2.27. The van der Waals surface area contributed by atoms with Crippen molar-refractivity contribution in [3.8, 4) is 11.3 Å². The van der Waals surface area contributed by atoms with E-state index in [2.05, 4.69) is 38.5 Å². The molecule has 0 fully saturated rings. The van der Waals surface area contributed by atoms with Gasteiger partial charge in [-0.1, -0.05) is 53.8 Å². The lowest BCUT2D eigenvalue weighted by molar-refractivity contribution is 1.27. The molecule has 4 rings (SSSR count). The molecule has 4 aromatic rings. The number of nitrogens with one attached hydrogen (secondary N) is 2. The molecule has 4 nitrogen and oxygen atoms in total. The Morgan fingerprint density at radius 2 is 1.76 bits per heavy atom. The summed E-state index contributed by atoms with van der Waals surface area (Å²) >= 11 is 1.61. The van der Waals surface area contributed by atoms with Gasteiger partial charge < -0.3 is 10.3 Å². The number of fused-ring (bicyclic) bond motifs is 1. The molecule has 0 aliphatic carbocycles. The van der Waals surface area contributed by atoms with E-state index in [4.69, 9.17) is 0 Å². The van der Waals surface area contributed by atoms with Crippen LogP contribution in [0.2, 0.25) is 0 Å². The Bertz CT molecular complexity index is 846. The Balaban J connectivity index is 1.61. The van der Waals surface area contributed by atoms with E-state index in [0.717, 1.165) is 26.6 Å². The highest BCUT2D eigenvalue weighted by atomic mass is 32.1. The van der Waals surface area contributed by atoms with E-state index < -0.39 is 0 Å². The zero-order chi connectivity index (χ0) is 14.1. The van der Waals surface area contributed by atoms with Gasteiger partial charge in [-0.05, 0) is 17.7 Å². The molecule has 0 saturated carbocycles. The molecule has 0 spiro atoms. The standard InChI is InChI=1S/C16H12N4S/c1-2-6-11(7-3-1)13-10-17-15(18-13)20-16-19-12-8-4-5-9-14(12)21-16/h1-10H,(H2,17,18,19,20). The van der Waals surface area contributed by atoms with Gasteiger partial charge in [-0.2, -0.15) is 0 Å². The topological polar surface area (TPSA) is 53.6 Å². The van der Waals surface area contributed by atoms with E-state index in [0.29, 0.717) is 5.95 Å². The van der Waals surface area contributed by atoms with E-state index in [-0.39, 0.29) is 0 Å². The highest BCUT2D eigenvalue weighted by Gasteiger charge is 2.06. The number of anilines is 2. The molecule has 102 valence electrons. The number of para-hydroxylation sites is 1. The first-order chi connectivity index (χ1) is 10.4. The molecule has 0 atom stereocenters. The van der Waals surface area contributed by atoms with E-state index >= 15 is 0 Å². The fraction of sp³-hybridized carbons (Fsp3) is 0. The number of hydrogen-bond acceptors (Lipinski definition) is 4. The minimum absolute atomic E-state index is 0.702. The van der Waals surface area contributed by atoms with Crippen molar-refractivity contribution in [2.24, 2.45) is 0 Å². The van der Waals surface area contributed by atoms with Gasteiger partial charge in [0.15, 0.2) is 5.13 Å². The highest BCUT2D eigenvalue weighted by molar-refractivity contribution is 7.22. The van der Waals surface area contributed by atoms with Gasteiger partial charge in [0.2, 0.25) is 5.95 Å². The maximum absolute atomic E-state index is 4.54. The van der Waals surface area contributed by atoms with Gasteiger partial charge in [0, 0.05) is 0 Å². The predicted octanol–water partition coefficient (Wildman–Crippen LogP) is 4.43. The smallest absolute Gasteiger partial charge is 0.206 e. The summed E-state index contributed by atoms with van der Waals surface area (Å²) in [7, 11) is 0. The fourth-order valence-corrected chi connectivity index (χ4v) is 3.04. The lowest BCUT2D eigenvalue weighted by atomic mass is 10.2. The van der Waals surface area contributed by atoms with Crippen molar-refractivity contribution < 1.29 is 0 Å². The molecule has 0 radical (unpaired) electrons. The van der Waals surface area contributed by atoms with Crippen molar-refractivity contribution in [2.75, 3.05) is 5.32 Å². The number of aromatic nitrogens is 3. The Labute approximate surface area is 125 Å².